The summed E-state index contributed by atoms with van der Waals surface area (Å²) >= 11 is 0. The maximum absolute atomic E-state index is 10.5. The third-order valence-corrected chi connectivity index (χ3v) is 3.63. The first-order valence-electron chi connectivity index (χ1n) is 6.74. The molecule has 1 atom stereocenters. The molecule has 0 fully saturated rings. The Balaban J connectivity index is 1.82. The summed E-state index contributed by atoms with van der Waals surface area (Å²) in [6, 6.07) is 11.8. The quantitative estimate of drug-likeness (QED) is 0.790. The Bertz CT molecular complexity index is 715. The molecule has 2 aromatic heterocycles. The molecule has 1 N–H and O–H groups in total. The van der Waals surface area contributed by atoms with E-state index < -0.39 is 6.10 Å². The lowest BCUT2D eigenvalue weighted by Crippen LogP contribution is -2.04. The van der Waals surface area contributed by atoms with Gasteiger partial charge in [0.05, 0.1) is 11.6 Å². The molecule has 0 aliphatic heterocycles. The Kier molecular flexibility index (Phi) is 3.48. The summed E-state index contributed by atoms with van der Waals surface area (Å²) in [7, 11) is 1.92. The van der Waals surface area contributed by atoms with Crippen molar-refractivity contribution in [2.75, 3.05) is 0 Å². The molecule has 0 saturated heterocycles. The summed E-state index contributed by atoms with van der Waals surface area (Å²) in [6.07, 6.45) is 4.54. The van der Waals surface area contributed by atoms with Crippen LogP contribution in [0.25, 0.3) is 10.9 Å². The summed E-state index contributed by atoms with van der Waals surface area (Å²) in [5.41, 5.74) is 2.99. The fourth-order valence-corrected chi connectivity index (χ4v) is 2.50. The average Bonchev–Trinajstić information content (AvgIpc) is 2.89. The summed E-state index contributed by atoms with van der Waals surface area (Å²) in [6.45, 7) is 0. The second-order valence-electron chi connectivity index (χ2n) is 4.92. The lowest BCUT2D eigenvalue weighted by Gasteiger charge is -2.13. The van der Waals surface area contributed by atoms with E-state index in [4.69, 9.17) is 0 Å². The van der Waals surface area contributed by atoms with Gasteiger partial charge in [-0.2, -0.15) is 5.10 Å². The average molecular weight is 267 g/mol. The molecule has 0 radical (unpaired) electrons. The third-order valence-electron chi connectivity index (χ3n) is 3.63. The van der Waals surface area contributed by atoms with Gasteiger partial charge in [-0.1, -0.05) is 18.2 Å². The first kappa shape index (κ1) is 12.8. The zero-order chi connectivity index (χ0) is 13.9. The van der Waals surface area contributed by atoms with Crippen molar-refractivity contribution in [3.8, 4) is 0 Å². The van der Waals surface area contributed by atoms with Crippen molar-refractivity contribution in [1.29, 1.82) is 0 Å². The fraction of sp³-hybridized carbons (Fsp3) is 0.250. The molecule has 3 aromatic rings. The highest BCUT2D eigenvalue weighted by Gasteiger charge is 2.12. The Hall–Kier alpha value is -2.20. The molecular weight excluding hydrogens is 250 g/mol. The van der Waals surface area contributed by atoms with Crippen LogP contribution in [0, 0.1) is 0 Å². The van der Waals surface area contributed by atoms with E-state index in [1.807, 2.05) is 48.1 Å². The number of pyridine rings is 1. The minimum absolute atomic E-state index is 0.488. The van der Waals surface area contributed by atoms with Crippen LogP contribution in [0.3, 0.4) is 0 Å². The van der Waals surface area contributed by atoms with E-state index in [-0.39, 0.29) is 0 Å². The van der Waals surface area contributed by atoms with Crippen molar-refractivity contribution in [2.24, 2.45) is 7.05 Å². The minimum Gasteiger partial charge on any atom is -0.388 e. The zero-order valence-electron chi connectivity index (χ0n) is 11.4. The van der Waals surface area contributed by atoms with Gasteiger partial charge < -0.3 is 5.11 Å². The highest BCUT2D eigenvalue weighted by atomic mass is 16.3. The van der Waals surface area contributed by atoms with Gasteiger partial charge in [0.2, 0.25) is 0 Å². The number of nitrogens with zero attached hydrogens (tertiary/aromatic N) is 3. The number of rotatable bonds is 4. The van der Waals surface area contributed by atoms with Crippen molar-refractivity contribution in [3.63, 3.8) is 0 Å². The Morgan fingerprint density at radius 3 is 2.85 bits per heavy atom. The first-order valence-corrected chi connectivity index (χ1v) is 6.74. The number of aliphatic hydroxyl groups is 1. The summed E-state index contributed by atoms with van der Waals surface area (Å²) < 4.78 is 1.84. The Labute approximate surface area is 117 Å². The summed E-state index contributed by atoms with van der Waals surface area (Å²) in [5, 5.41) is 15.6. The molecule has 0 bridgehead atoms. The second-order valence-corrected chi connectivity index (χ2v) is 4.92. The Morgan fingerprint density at radius 2 is 2.05 bits per heavy atom. The van der Waals surface area contributed by atoms with Crippen molar-refractivity contribution in [1.82, 2.24) is 14.8 Å². The van der Waals surface area contributed by atoms with E-state index >= 15 is 0 Å². The van der Waals surface area contributed by atoms with Gasteiger partial charge in [0.1, 0.15) is 0 Å². The van der Waals surface area contributed by atoms with Crippen molar-refractivity contribution < 1.29 is 5.11 Å². The monoisotopic (exact) mass is 267 g/mol. The number of benzene rings is 1. The standard InChI is InChI=1S/C16H17N3O/c1-19-12(9-11-18-19)7-8-16(20)14-4-2-6-15-13(14)5-3-10-17-15/h2-6,9-11,16,20H,7-8H2,1H3. The molecule has 1 unspecified atom stereocenters. The molecule has 0 saturated carbocycles. The van der Waals surface area contributed by atoms with Crippen molar-refractivity contribution >= 4 is 10.9 Å². The lowest BCUT2D eigenvalue weighted by molar-refractivity contribution is 0.168. The predicted molar refractivity (Wildman–Crippen MR) is 78.2 cm³/mol. The molecule has 0 spiro atoms. The van der Waals surface area contributed by atoms with Crippen LogP contribution < -0.4 is 0 Å². The van der Waals surface area contributed by atoms with Crippen LogP contribution >= 0.6 is 0 Å². The molecule has 20 heavy (non-hydrogen) atoms. The number of aromatic nitrogens is 3. The van der Waals surface area contributed by atoms with Crippen LogP contribution in [-0.2, 0) is 13.5 Å². The SMILES string of the molecule is Cn1nccc1CCC(O)c1cccc2ncccc12. The van der Waals surface area contributed by atoms with E-state index in [2.05, 4.69) is 10.1 Å². The number of hydrogen-bond acceptors (Lipinski definition) is 3. The number of fused-ring (bicyclic) bond motifs is 1. The molecule has 1 aromatic carbocycles. The molecule has 0 amide bonds. The van der Waals surface area contributed by atoms with E-state index in [0.717, 1.165) is 28.6 Å². The molecule has 2 heterocycles. The maximum atomic E-state index is 10.5. The van der Waals surface area contributed by atoms with Gasteiger partial charge in [-0.25, -0.2) is 0 Å². The number of hydrogen-bond donors (Lipinski definition) is 1. The van der Waals surface area contributed by atoms with Crippen LogP contribution in [0.5, 0.6) is 0 Å². The van der Waals surface area contributed by atoms with E-state index in [1.54, 1.807) is 12.4 Å². The van der Waals surface area contributed by atoms with Crippen molar-refractivity contribution in [3.05, 3.63) is 60.0 Å². The van der Waals surface area contributed by atoms with Crippen molar-refractivity contribution in [2.45, 2.75) is 18.9 Å². The molecular formula is C16H17N3O. The van der Waals surface area contributed by atoms with Gasteiger partial charge in [-0.3, -0.25) is 9.67 Å². The van der Waals surface area contributed by atoms with Crippen LogP contribution in [0.2, 0.25) is 0 Å². The zero-order valence-corrected chi connectivity index (χ0v) is 11.4. The van der Waals surface area contributed by atoms with Gasteiger partial charge in [0, 0.05) is 30.5 Å². The third kappa shape index (κ3) is 2.42. The summed E-state index contributed by atoms with van der Waals surface area (Å²) in [5.74, 6) is 0. The Morgan fingerprint density at radius 1 is 1.15 bits per heavy atom. The van der Waals surface area contributed by atoms with Gasteiger partial charge >= 0.3 is 0 Å². The summed E-state index contributed by atoms with van der Waals surface area (Å²) in [4.78, 5) is 4.32. The maximum Gasteiger partial charge on any atom is 0.0800 e. The van der Waals surface area contributed by atoms with Crippen LogP contribution in [0.4, 0.5) is 0 Å². The molecule has 0 aliphatic carbocycles. The smallest absolute Gasteiger partial charge is 0.0800 e. The normalized spacial score (nSPS) is 12.7. The molecule has 102 valence electrons. The lowest BCUT2D eigenvalue weighted by atomic mass is 9.99. The molecule has 4 nitrogen and oxygen atoms in total. The van der Waals surface area contributed by atoms with E-state index in [0.29, 0.717) is 6.42 Å². The number of aliphatic hydroxyl groups excluding tert-OH is 1. The van der Waals surface area contributed by atoms with E-state index in [9.17, 15) is 5.11 Å². The van der Waals surface area contributed by atoms with Gasteiger partial charge in [0.25, 0.3) is 0 Å². The minimum atomic E-state index is -0.488. The van der Waals surface area contributed by atoms with Gasteiger partial charge in [0.15, 0.2) is 0 Å². The molecule has 3 rings (SSSR count). The van der Waals surface area contributed by atoms with Crippen LogP contribution in [0.15, 0.2) is 48.8 Å². The van der Waals surface area contributed by atoms with Gasteiger partial charge in [-0.05, 0) is 36.6 Å². The highest BCUT2D eigenvalue weighted by molar-refractivity contribution is 5.82. The second kappa shape index (κ2) is 5.43. The van der Waals surface area contributed by atoms with Crippen LogP contribution in [0.1, 0.15) is 23.8 Å². The highest BCUT2D eigenvalue weighted by Crippen LogP contribution is 2.26. The first-order chi connectivity index (χ1) is 9.75. The predicted octanol–water partition coefficient (Wildman–Crippen LogP) is 2.63. The van der Waals surface area contributed by atoms with E-state index in [1.165, 1.54) is 0 Å². The molecule has 0 aliphatic rings. The molecule has 4 heteroatoms. The van der Waals surface area contributed by atoms with Crippen LogP contribution in [-0.4, -0.2) is 19.9 Å². The van der Waals surface area contributed by atoms with Gasteiger partial charge in [-0.15, -0.1) is 0 Å². The fourth-order valence-electron chi connectivity index (χ4n) is 2.50. The number of aryl methyl sites for hydroxylation is 2. The largest absolute Gasteiger partial charge is 0.388 e. The topological polar surface area (TPSA) is 50.9 Å².